The second-order valence-electron chi connectivity index (χ2n) is 4.28. The largest absolute Gasteiger partial charge is 0.493 e. The van der Waals surface area contributed by atoms with Gasteiger partial charge in [0, 0.05) is 5.38 Å². The molecule has 0 saturated heterocycles. The molecule has 0 unspecified atom stereocenters. The van der Waals surface area contributed by atoms with Gasteiger partial charge < -0.3 is 9.47 Å². The van der Waals surface area contributed by atoms with Crippen LogP contribution in [-0.4, -0.2) is 39.8 Å². The number of para-hydroxylation sites is 1. The molecular formula is C13H14N2O5S2. The van der Waals surface area contributed by atoms with E-state index in [9.17, 15) is 13.2 Å². The summed E-state index contributed by atoms with van der Waals surface area (Å²) in [5, 5.41) is 2.00. The molecule has 1 N–H and O–H groups in total. The highest BCUT2D eigenvalue weighted by atomic mass is 32.2. The van der Waals surface area contributed by atoms with Crippen LogP contribution >= 0.6 is 11.3 Å². The van der Waals surface area contributed by atoms with Gasteiger partial charge in [-0.2, -0.15) is 0 Å². The van der Waals surface area contributed by atoms with Gasteiger partial charge in [-0.25, -0.2) is 18.1 Å². The number of ether oxygens (including phenoxy) is 2. The Morgan fingerprint density at radius 3 is 2.59 bits per heavy atom. The lowest BCUT2D eigenvalue weighted by atomic mass is 10.2. The molecule has 1 amide bonds. The monoisotopic (exact) mass is 342 g/mol. The van der Waals surface area contributed by atoms with E-state index in [2.05, 4.69) is 4.98 Å². The molecule has 0 aliphatic rings. The number of thiazole rings is 1. The second-order valence-corrected chi connectivity index (χ2v) is 6.89. The predicted molar refractivity (Wildman–Crippen MR) is 83.0 cm³/mol. The van der Waals surface area contributed by atoms with Crippen molar-refractivity contribution >= 4 is 27.3 Å². The third-order valence-corrected chi connectivity index (χ3v) is 4.08. The highest BCUT2D eigenvalue weighted by Crippen LogP contribution is 2.38. The summed E-state index contributed by atoms with van der Waals surface area (Å²) in [6.07, 6.45) is 0.906. The molecule has 118 valence electrons. The second kappa shape index (κ2) is 6.32. The summed E-state index contributed by atoms with van der Waals surface area (Å²) in [5.41, 5.74) is 0.681. The Labute approximate surface area is 132 Å². The average molecular weight is 342 g/mol. The first-order chi connectivity index (χ1) is 10.4. The van der Waals surface area contributed by atoms with E-state index >= 15 is 0 Å². The first-order valence-electron chi connectivity index (χ1n) is 6.04. The number of hydrogen-bond donors (Lipinski definition) is 1. The van der Waals surface area contributed by atoms with Crippen molar-refractivity contribution in [1.29, 1.82) is 0 Å². The van der Waals surface area contributed by atoms with Crippen LogP contribution in [0.1, 0.15) is 10.5 Å². The van der Waals surface area contributed by atoms with E-state index in [0.717, 1.165) is 6.26 Å². The van der Waals surface area contributed by atoms with Crippen molar-refractivity contribution < 1.29 is 22.7 Å². The Morgan fingerprint density at radius 2 is 2.00 bits per heavy atom. The van der Waals surface area contributed by atoms with Crippen LogP contribution in [0.2, 0.25) is 0 Å². The number of carbonyl (C=O) groups is 1. The van der Waals surface area contributed by atoms with Gasteiger partial charge in [-0.05, 0) is 12.1 Å². The van der Waals surface area contributed by atoms with Gasteiger partial charge in [0.25, 0.3) is 5.91 Å². The minimum Gasteiger partial charge on any atom is -0.493 e. The van der Waals surface area contributed by atoms with Gasteiger partial charge in [-0.3, -0.25) is 4.79 Å². The molecule has 0 aliphatic carbocycles. The standard InChI is InChI=1S/C13H14N2O5S2/c1-19-10-6-4-5-8(11(10)20-2)13-14-9(7-21-13)12(16)15-22(3,17)18/h4-7H,1-3H3,(H,15,16). The maximum Gasteiger partial charge on any atom is 0.284 e. The Hall–Kier alpha value is -2.13. The Kier molecular flexibility index (Phi) is 4.67. The third-order valence-electron chi connectivity index (χ3n) is 2.65. The summed E-state index contributed by atoms with van der Waals surface area (Å²) >= 11 is 1.20. The molecule has 0 saturated carbocycles. The third kappa shape index (κ3) is 3.55. The van der Waals surface area contributed by atoms with E-state index in [0.29, 0.717) is 22.1 Å². The van der Waals surface area contributed by atoms with Gasteiger partial charge in [-0.1, -0.05) is 6.07 Å². The van der Waals surface area contributed by atoms with E-state index in [4.69, 9.17) is 9.47 Å². The van der Waals surface area contributed by atoms with Gasteiger partial charge in [0.2, 0.25) is 10.0 Å². The topological polar surface area (TPSA) is 94.6 Å². The fourth-order valence-corrected chi connectivity index (χ4v) is 3.04. The van der Waals surface area contributed by atoms with Crippen molar-refractivity contribution in [3.05, 3.63) is 29.3 Å². The fraction of sp³-hybridized carbons (Fsp3) is 0.231. The van der Waals surface area contributed by atoms with Gasteiger partial charge in [0.05, 0.1) is 26.0 Å². The van der Waals surface area contributed by atoms with Crippen LogP contribution in [0.5, 0.6) is 11.5 Å². The van der Waals surface area contributed by atoms with Crippen LogP contribution in [0.25, 0.3) is 10.6 Å². The summed E-state index contributed by atoms with van der Waals surface area (Å²) in [6, 6.07) is 5.29. The molecule has 7 nitrogen and oxygen atoms in total. The number of aromatic nitrogens is 1. The molecule has 0 bridgehead atoms. The SMILES string of the molecule is COc1cccc(-c2nc(C(=O)NS(C)(=O)=O)cs2)c1OC. The number of nitrogens with zero attached hydrogens (tertiary/aromatic N) is 1. The Morgan fingerprint density at radius 1 is 1.27 bits per heavy atom. The Bertz CT molecular complexity index is 799. The summed E-state index contributed by atoms with van der Waals surface area (Å²) in [4.78, 5) is 15.9. The predicted octanol–water partition coefficient (Wildman–Crippen LogP) is 1.52. The minimum atomic E-state index is -3.63. The smallest absolute Gasteiger partial charge is 0.284 e. The lowest BCUT2D eigenvalue weighted by Gasteiger charge is -2.10. The summed E-state index contributed by atoms with van der Waals surface area (Å²) in [5.74, 6) is 0.263. The van der Waals surface area contributed by atoms with Crippen LogP contribution in [-0.2, 0) is 10.0 Å². The molecule has 1 aromatic heterocycles. The molecule has 0 aliphatic heterocycles. The molecule has 1 heterocycles. The van der Waals surface area contributed by atoms with Gasteiger partial charge in [0.1, 0.15) is 10.7 Å². The van der Waals surface area contributed by atoms with Crippen LogP contribution in [0.3, 0.4) is 0 Å². The number of benzene rings is 1. The van der Waals surface area contributed by atoms with Crippen LogP contribution in [0, 0.1) is 0 Å². The minimum absolute atomic E-state index is 0.0234. The lowest BCUT2D eigenvalue weighted by molar-refractivity contribution is 0.0977. The van der Waals surface area contributed by atoms with E-state index in [1.54, 1.807) is 18.2 Å². The van der Waals surface area contributed by atoms with E-state index in [1.807, 2.05) is 4.72 Å². The van der Waals surface area contributed by atoms with Crippen molar-refractivity contribution in [3.8, 4) is 22.1 Å². The van der Waals surface area contributed by atoms with Crippen molar-refractivity contribution in [3.63, 3.8) is 0 Å². The summed E-state index contributed by atoms with van der Waals surface area (Å²) < 4.78 is 34.6. The molecular weight excluding hydrogens is 328 g/mol. The van der Waals surface area contributed by atoms with Crippen LogP contribution < -0.4 is 14.2 Å². The number of amides is 1. The zero-order valence-electron chi connectivity index (χ0n) is 12.1. The number of sulfonamides is 1. The van der Waals surface area contributed by atoms with Crippen molar-refractivity contribution in [2.45, 2.75) is 0 Å². The zero-order chi connectivity index (χ0) is 16.3. The first kappa shape index (κ1) is 16.2. The highest BCUT2D eigenvalue weighted by molar-refractivity contribution is 7.89. The number of rotatable bonds is 5. The molecule has 0 fully saturated rings. The van der Waals surface area contributed by atoms with Gasteiger partial charge in [0.15, 0.2) is 11.5 Å². The van der Waals surface area contributed by atoms with Gasteiger partial charge >= 0.3 is 0 Å². The molecule has 9 heteroatoms. The Balaban J connectivity index is 2.39. The van der Waals surface area contributed by atoms with Gasteiger partial charge in [-0.15, -0.1) is 11.3 Å². The molecule has 2 rings (SSSR count). The quantitative estimate of drug-likeness (QED) is 0.885. The zero-order valence-corrected chi connectivity index (χ0v) is 13.7. The number of nitrogens with one attached hydrogen (secondary N) is 1. The summed E-state index contributed by atoms with van der Waals surface area (Å²) in [6.45, 7) is 0. The number of methoxy groups -OCH3 is 2. The van der Waals surface area contributed by atoms with Crippen LogP contribution in [0.4, 0.5) is 0 Å². The maximum absolute atomic E-state index is 11.8. The van der Waals surface area contributed by atoms with E-state index < -0.39 is 15.9 Å². The number of carbonyl (C=O) groups excluding carboxylic acids is 1. The molecule has 0 atom stereocenters. The first-order valence-corrected chi connectivity index (χ1v) is 8.82. The molecule has 2 aromatic rings. The normalized spacial score (nSPS) is 11.0. The van der Waals surface area contributed by atoms with E-state index in [-0.39, 0.29) is 5.69 Å². The average Bonchev–Trinajstić information content (AvgIpc) is 2.94. The molecule has 1 aromatic carbocycles. The van der Waals surface area contributed by atoms with Crippen LogP contribution in [0.15, 0.2) is 23.6 Å². The van der Waals surface area contributed by atoms with Crippen molar-refractivity contribution in [2.24, 2.45) is 0 Å². The van der Waals surface area contributed by atoms with Crippen molar-refractivity contribution in [1.82, 2.24) is 9.71 Å². The molecule has 0 radical (unpaired) electrons. The maximum atomic E-state index is 11.8. The molecule has 22 heavy (non-hydrogen) atoms. The number of hydrogen-bond acceptors (Lipinski definition) is 7. The van der Waals surface area contributed by atoms with Crippen molar-refractivity contribution in [2.75, 3.05) is 20.5 Å². The van der Waals surface area contributed by atoms with E-state index in [1.165, 1.54) is 30.9 Å². The fourth-order valence-electron chi connectivity index (χ4n) is 1.78. The lowest BCUT2D eigenvalue weighted by Crippen LogP contribution is -2.29. The highest BCUT2D eigenvalue weighted by Gasteiger charge is 2.18. The molecule has 0 spiro atoms. The summed E-state index contributed by atoms with van der Waals surface area (Å²) in [7, 11) is -0.602.